The Balaban J connectivity index is 2.90. The quantitative estimate of drug-likeness (QED) is 0.360. The molecule has 1 aromatic carbocycles. The first-order valence-electron chi connectivity index (χ1n) is 5.47. The molecule has 0 aromatic heterocycles. The van der Waals surface area contributed by atoms with E-state index >= 15 is 0 Å². The highest BCUT2D eigenvalue weighted by molar-refractivity contribution is 6.66. The van der Waals surface area contributed by atoms with E-state index in [2.05, 4.69) is 4.74 Å². The average molecular weight is 285 g/mol. The molecule has 0 N–H and O–H groups in total. The Labute approximate surface area is 115 Å². The Morgan fingerprint density at radius 3 is 2.63 bits per heavy atom. The lowest BCUT2D eigenvalue weighted by atomic mass is 10.2. The summed E-state index contributed by atoms with van der Waals surface area (Å²) < 4.78 is 14.7. The minimum absolute atomic E-state index is 0.222. The Morgan fingerprint density at radius 2 is 2.05 bits per heavy atom. The molecule has 0 fully saturated rings. The molecule has 0 atom stereocenters. The predicted octanol–water partition coefficient (Wildman–Crippen LogP) is 3.01. The van der Waals surface area contributed by atoms with Crippen LogP contribution < -0.4 is 9.47 Å². The monoisotopic (exact) mass is 284 g/mol. The largest absolute Gasteiger partial charge is 0.513 e. The number of carbonyl (C=O) groups excluding carboxylic acids is 2. The Morgan fingerprint density at radius 1 is 1.32 bits per heavy atom. The van der Waals surface area contributed by atoms with Gasteiger partial charge in [-0.2, -0.15) is 0 Å². The van der Waals surface area contributed by atoms with Gasteiger partial charge in [-0.25, -0.2) is 4.79 Å². The van der Waals surface area contributed by atoms with Gasteiger partial charge in [-0.3, -0.25) is 4.79 Å². The van der Waals surface area contributed by atoms with Gasteiger partial charge in [0.2, 0.25) is 5.24 Å². The molecule has 0 amide bonds. The zero-order valence-electron chi connectivity index (χ0n) is 10.5. The first kappa shape index (κ1) is 15.0. The fraction of sp³-hybridized carbons (Fsp3) is 0.231. The molecule has 0 aliphatic rings. The number of hydrogen-bond donors (Lipinski definition) is 0. The molecule has 102 valence electrons. The van der Waals surface area contributed by atoms with E-state index in [9.17, 15) is 9.59 Å². The van der Waals surface area contributed by atoms with Gasteiger partial charge in [-0.1, -0.05) is 12.1 Å². The highest BCUT2D eigenvalue weighted by atomic mass is 35.5. The summed E-state index contributed by atoms with van der Waals surface area (Å²) in [6.07, 6.45) is 1.92. The van der Waals surface area contributed by atoms with E-state index in [-0.39, 0.29) is 12.4 Å². The molecule has 1 aromatic rings. The van der Waals surface area contributed by atoms with Gasteiger partial charge in [0, 0.05) is 0 Å². The van der Waals surface area contributed by atoms with Crippen LogP contribution in [0, 0.1) is 0 Å². The van der Waals surface area contributed by atoms with Crippen molar-refractivity contribution in [1.29, 1.82) is 0 Å². The molecule has 6 heteroatoms. The minimum Gasteiger partial charge on any atom is -0.493 e. The minimum atomic E-state index is -0.806. The molecule has 0 aliphatic heterocycles. The summed E-state index contributed by atoms with van der Waals surface area (Å²) in [5.74, 6) is 0.576. The van der Waals surface area contributed by atoms with Gasteiger partial charge < -0.3 is 14.2 Å². The summed E-state index contributed by atoms with van der Waals surface area (Å²) in [6, 6.07) is 4.78. The number of halogens is 1. The fourth-order valence-electron chi connectivity index (χ4n) is 1.27. The van der Waals surface area contributed by atoms with Crippen molar-refractivity contribution in [2.45, 2.75) is 6.92 Å². The van der Waals surface area contributed by atoms with Gasteiger partial charge in [0.25, 0.3) is 0 Å². The second-order valence-corrected chi connectivity index (χ2v) is 3.71. The molecule has 0 radical (unpaired) electrons. The van der Waals surface area contributed by atoms with Crippen LogP contribution in [0.4, 0.5) is 4.79 Å². The summed E-state index contributed by atoms with van der Waals surface area (Å²) >= 11 is 5.19. The van der Waals surface area contributed by atoms with E-state index in [1.165, 1.54) is 25.3 Å². The Kier molecular flexibility index (Phi) is 5.89. The number of ether oxygens (including phenoxy) is 3. The van der Waals surface area contributed by atoms with E-state index in [0.717, 1.165) is 0 Å². The van der Waals surface area contributed by atoms with Gasteiger partial charge in [-0.05, 0) is 42.3 Å². The van der Waals surface area contributed by atoms with Crippen LogP contribution >= 0.6 is 11.6 Å². The van der Waals surface area contributed by atoms with E-state index in [1.807, 2.05) is 0 Å². The van der Waals surface area contributed by atoms with Crippen molar-refractivity contribution in [2.75, 3.05) is 13.7 Å². The van der Waals surface area contributed by atoms with Crippen LogP contribution in [0.1, 0.15) is 12.5 Å². The van der Waals surface area contributed by atoms with E-state index in [0.29, 0.717) is 11.3 Å². The molecule has 0 aliphatic carbocycles. The zero-order valence-corrected chi connectivity index (χ0v) is 11.3. The van der Waals surface area contributed by atoms with Crippen molar-refractivity contribution < 1.29 is 23.8 Å². The van der Waals surface area contributed by atoms with Crippen LogP contribution in [-0.2, 0) is 9.53 Å². The molecule has 1 rings (SSSR count). The number of benzene rings is 1. The molecule has 0 saturated heterocycles. The van der Waals surface area contributed by atoms with Crippen molar-refractivity contribution in [1.82, 2.24) is 0 Å². The van der Waals surface area contributed by atoms with Crippen molar-refractivity contribution >= 4 is 29.1 Å². The van der Waals surface area contributed by atoms with Gasteiger partial charge in [-0.15, -0.1) is 0 Å². The lowest BCUT2D eigenvalue weighted by Gasteiger charge is -2.09. The van der Waals surface area contributed by atoms with Crippen LogP contribution in [0.2, 0.25) is 0 Å². The summed E-state index contributed by atoms with van der Waals surface area (Å²) in [7, 11) is 1.44. The smallest absolute Gasteiger partial charge is 0.493 e. The van der Waals surface area contributed by atoms with Crippen LogP contribution in [0.5, 0.6) is 11.5 Å². The van der Waals surface area contributed by atoms with E-state index in [1.54, 1.807) is 19.1 Å². The fourth-order valence-corrected chi connectivity index (χ4v) is 1.33. The second kappa shape index (κ2) is 7.43. The third-order valence-corrected chi connectivity index (χ3v) is 2.18. The molecular weight excluding hydrogens is 272 g/mol. The summed E-state index contributed by atoms with van der Waals surface area (Å²) in [4.78, 5) is 21.8. The first-order chi connectivity index (χ1) is 9.06. The molecule has 19 heavy (non-hydrogen) atoms. The average Bonchev–Trinajstić information content (AvgIpc) is 2.37. The Bertz CT molecular complexity index is 496. The topological polar surface area (TPSA) is 61.8 Å². The number of allylic oxidation sites excluding steroid dienone is 1. The Hall–Kier alpha value is -2.01. The number of methoxy groups -OCH3 is 1. The van der Waals surface area contributed by atoms with Gasteiger partial charge in [0.1, 0.15) is 0 Å². The van der Waals surface area contributed by atoms with Gasteiger partial charge in [0.05, 0.1) is 13.7 Å². The standard InChI is InChI=1S/C13H13ClO5/c1-3-18-13(16)19-10-6-4-9(5-7-12(14)15)8-11(10)17-2/h4-8H,3H2,1-2H3/b7-5-. The highest BCUT2D eigenvalue weighted by Gasteiger charge is 2.10. The maximum atomic E-state index is 11.2. The maximum absolute atomic E-state index is 11.2. The first-order valence-corrected chi connectivity index (χ1v) is 5.84. The normalized spacial score (nSPS) is 10.3. The lowest BCUT2D eigenvalue weighted by Crippen LogP contribution is -2.10. The van der Waals surface area contributed by atoms with Crippen molar-refractivity contribution in [3.8, 4) is 11.5 Å². The molecule has 0 saturated carbocycles. The maximum Gasteiger partial charge on any atom is 0.513 e. The molecule has 0 unspecified atom stereocenters. The van der Waals surface area contributed by atoms with Gasteiger partial charge >= 0.3 is 6.16 Å². The number of carbonyl (C=O) groups is 2. The van der Waals surface area contributed by atoms with E-state index in [4.69, 9.17) is 21.1 Å². The van der Waals surface area contributed by atoms with Crippen LogP contribution in [-0.4, -0.2) is 25.1 Å². The highest BCUT2D eigenvalue weighted by Crippen LogP contribution is 2.28. The van der Waals surface area contributed by atoms with Crippen molar-refractivity contribution in [2.24, 2.45) is 0 Å². The third-order valence-electron chi connectivity index (χ3n) is 2.05. The second-order valence-electron chi connectivity index (χ2n) is 3.33. The predicted molar refractivity (Wildman–Crippen MR) is 70.5 cm³/mol. The summed E-state index contributed by atoms with van der Waals surface area (Å²) in [5, 5.41) is -0.578. The SMILES string of the molecule is CCOC(=O)Oc1ccc(/C=C\C(=O)Cl)cc1OC. The zero-order chi connectivity index (χ0) is 14.3. The van der Waals surface area contributed by atoms with Gasteiger partial charge in [0.15, 0.2) is 11.5 Å². The number of hydrogen-bond acceptors (Lipinski definition) is 5. The summed E-state index contributed by atoms with van der Waals surface area (Å²) in [6.45, 7) is 1.90. The molecule has 0 bridgehead atoms. The van der Waals surface area contributed by atoms with Crippen molar-refractivity contribution in [3.63, 3.8) is 0 Å². The molecule has 0 spiro atoms. The number of rotatable bonds is 5. The molecular formula is C13H13ClO5. The summed E-state index contributed by atoms with van der Waals surface area (Å²) in [5.41, 5.74) is 0.682. The van der Waals surface area contributed by atoms with Crippen LogP contribution in [0.25, 0.3) is 6.08 Å². The third kappa shape index (κ3) is 5.01. The van der Waals surface area contributed by atoms with Crippen LogP contribution in [0.15, 0.2) is 24.3 Å². The van der Waals surface area contributed by atoms with E-state index < -0.39 is 11.4 Å². The molecule has 0 heterocycles. The van der Waals surface area contributed by atoms with Crippen LogP contribution in [0.3, 0.4) is 0 Å². The van der Waals surface area contributed by atoms with Crippen molar-refractivity contribution in [3.05, 3.63) is 29.8 Å². The molecule has 5 nitrogen and oxygen atoms in total. The lowest BCUT2D eigenvalue weighted by molar-refractivity contribution is -0.107.